The molecular weight excluding hydrogens is 400 g/mol. The van der Waals surface area contributed by atoms with Crippen molar-refractivity contribution < 1.29 is 13.2 Å². The van der Waals surface area contributed by atoms with Crippen LogP contribution < -0.4 is 10.2 Å². The fraction of sp³-hybridized carbons (Fsp3) is 0.455. The van der Waals surface area contributed by atoms with Gasteiger partial charge in [-0.3, -0.25) is 4.79 Å². The smallest absolute Gasteiger partial charge is 0.255 e. The van der Waals surface area contributed by atoms with Gasteiger partial charge >= 0.3 is 0 Å². The maximum absolute atomic E-state index is 12.9. The number of carbonyl (C=O) groups excluding carboxylic acids is 1. The maximum atomic E-state index is 12.9. The Morgan fingerprint density at radius 3 is 2.33 bits per heavy atom. The van der Waals surface area contributed by atoms with Crippen molar-refractivity contribution >= 4 is 21.7 Å². The molecule has 1 saturated heterocycles. The number of hydrogen-bond donors (Lipinski definition) is 1. The maximum Gasteiger partial charge on any atom is 0.255 e. The third-order valence-electron chi connectivity index (χ3n) is 5.89. The zero-order chi connectivity index (χ0) is 21.0. The lowest BCUT2D eigenvalue weighted by Crippen LogP contribution is -2.49. The Bertz CT molecular complexity index is 967. The van der Waals surface area contributed by atoms with Crippen molar-refractivity contribution in [2.45, 2.75) is 43.0 Å². The number of anilines is 1. The van der Waals surface area contributed by atoms with Gasteiger partial charge in [-0.15, -0.1) is 0 Å². The summed E-state index contributed by atoms with van der Waals surface area (Å²) in [6.07, 6.45) is 7.28. The third kappa shape index (κ3) is 4.49. The summed E-state index contributed by atoms with van der Waals surface area (Å²) >= 11 is 0. The van der Waals surface area contributed by atoms with E-state index in [1.165, 1.54) is 10.7 Å². The highest BCUT2D eigenvalue weighted by Gasteiger charge is 2.30. The molecule has 1 amide bonds. The minimum Gasteiger partial charge on any atom is -0.353 e. The molecule has 0 spiro atoms. The molecule has 2 heterocycles. The topological polar surface area (TPSA) is 82.6 Å². The van der Waals surface area contributed by atoms with Crippen LogP contribution >= 0.6 is 0 Å². The van der Waals surface area contributed by atoms with Crippen LogP contribution in [0.25, 0.3) is 0 Å². The average Bonchev–Trinajstić information content (AvgIpc) is 2.80. The van der Waals surface area contributed by atoms with Crippen LogP contribution in [-0.4, -0.2) is 55.8 Å². The summed E-state index contributed by atoms with van der Waals surface area (Å²) in [7, 11) is -3.51. The van der Waals surface area contributed by atoms with E-state index in [4.69, 9.17) is 0 Å². The molecule has 4 rings (SSSR count). The van der Waals surface area contributed by atoms with Gasteiger partial charge in [-0.2, -0.15) is 4.31 Å². The predicted molar refractivity (Wildman–Crippen MR) is 116 cm³/mol. The van der Waals surface area contributed by atoms with Gasteiger partial charge in [-0.25, -0.2) is 13.4 Å². The van der Waals surface area contributed by atoms with Gasteiger partial charge in [0.15, 0.2) is 0 Å². The molecule has 0 radical (unpaired) electrons. The largest absolute Gasteiger partial charge is 0.353 e. The SMILES string of the molecule is O=C(NC1CCCCC1)c1cccnc1N1CCN(S(=O)(=O)c2ccccc2)CC1. The first-order chi connectivity index (χ1) is 14.6. The molecule has 0 bridgehead atoms. The first-order valence-electron chi connectivity index (χ1n) is 10.6. The van der Waals surface area contributed by atoms with Gasteiger partial charge in [-0.1, -0.05) is 37.5 Å². The van der Waals surface area contributed by atoms with Crippen LogP contribution in [0, 0.1) is 0 Å². The Kier molecular flexibility index (Phi) is 6.34. The molecule has 2 fully saturated rings. The van der Waals surface area contributed by atoms with Gasteiger partial charge in [0.2, 0.25) is 10.0 Å². The lowest BCUT2D eigenvalue weighted by Gasteiger charge is -2.35. The number of piperazine rings is 1. The second-order valence-electron chi connectivity index (χ2n) is 7.89. The molecule has 30 heavy (non-hydrogen) atoms. The number of amides is 1. The number of rotatable bonds is 5. The number of carbonyl (C=O) groups is 1. The molecule has 160 valence electrons. The standard InChI is InChI=1S/C22H28N4O3S/c27-22(24-18-8-3-1-4-9-18)20-12-7-13-23-21(20)25-14-16-26(17-15-25)30(28,29)19-10-5-2-6-11-19/h2,5-7,10-13,18H,1,3-4,8-9,14-17H2,(H,24,27). The zero-order valence-corrected chi connectivity index (χ0v) is 17.9. The molecule has 0 atom stereocenters. The van der Waals surface area contributed by atoms with Crippen molar-refractivity contribution in [3.8, 4) is 0 Å². The molecule has 2 aliphatic rings. The van der Waals surface area contributed by atoms with Gasteiger partial charge in [0.05, 0.1) is 10.5 Å². The summed E-state index contributed by atoms with van der Waals surface area (Å²) in [5.74, 6) is 0.534. The summed E-state index contributed by atoms with van der Waals surface area (Å²) in [5, 5.41) is 3.16. The highest BCUT2D eigenvalue weighted by Crippen LogP contribution is 2.23. The first-order valence-corrected chi connectivity index (χ1v) is 12.1. The Hall–Kier alpha value is -2.45. The lowest BCUT2D eigenvalue weighted by molar-refractivity contribution is 0.0927. The van der Waals surface area contributed by atoms with Gasteiger partial charge in [-0.05, 0) is 37.1 Å². The summed E-state index contributed by atoms with van der Waals surface area (Å²) < 4.78 is 27.2. The third-order valence-corrected chi connectivity index (χ3v) is 7.80. The number of nitrogens with one attached hydrogen (secondary N) is 1. The van der Waals surface area contributed by atoms with Gasteiger partial charge in [0.1, 0.15) is 5.82 Å². The molecule has 1 aliphatic carbocycles. The van der Waals surface area contributed by atoms with Crippen LogP contribution in [0.3, 0.4) is 0 Å². The fourth-order valence-electron chi connectivity index (χ4n) is 4.22. The van der Waals surface area contributed by atoms with Crippen LogP contribution in [0.15, 0.2) is 53.6 Å². The summed E-state index contributed by atoms with van der Waals surface area (Å²) in [4.78, 5) is 19.7. The number of hydrogen-bond acceptors (Lipinski definition) is 5. The Morgan fingerprint density at radius 1 is 0.933 bits per heavy atom. The van der Waals surface area contributed by atoms with Gasteiger partial charge in [0, 0.05) is 38.4 Å². The second-order valence-corrected chi connectivity index (χ2v) is 9.83. The molecule has 1 N–H and O–H groups in total. The minimum atomic E-state index is -3.51. The number of pyridine rings is 1. The van der Waals surface area contributed by atoms with Crippen LogP contribution in [-0.2, 0) is 10.0 Å². The lowest BCUT2D eigenvalue weighted by atomic mass is 9.95. The van der Waals surface area contributed by atoms with E-state index in [0.717, 1.165) is 25.7 Å². The molecule has 7 nitrogen and oxygen atoms in total. The summed E-state index contributed by atoms with van der Waals surface area (Å²) in [6, 6.07) is 12.3. The number of benzene rings is 1. The van der Waals surface area contributed by atoms with E-state index in [1.807, 2.05) is 4.90 Å². The minimum absolute atomic E-state index is 0.0932. The van der Waals surface area contributed by atoms with Crippen LogP contribution in [0.5, 0.6) is 0 Å². The van der Waals surface area contributed by atoms with Crippen molar-refractivity contribution in [1.29, 1.82) is 0 Å². The fourth-order valence-corrected chi connectivity index (χ4v) is 5.66. The quantitative estimate of drug-likeness (QED) is 0.792. The Labute approximate surface area is 178 Å². The normalized spacial score (nSPS) is 18.9. The van der Waals surface area contributed by atoms with Crippen LogP contribution in [0.1, 0.15) is 42.5 Å². The number of nitrogens with zero attached hydrogens (tertiary/aromatic N) is 3. The number of aromatic nitrogens is 1. The monoisotopic (exact) mass is 428 g/mol. The van der Waals surface area contributed by atoms with E-state index in [-0.39, 0.29) is 11.9 Å². The molecule has 2 aromatic rings. The zero-order valence-electron chi connectivity index (χ0n) is 17.0. The second kappa shape index (κ2) is 9.14. The predicted octanol–water partition coefficient (Wildman–Crippen LogP) is 2.66. The summed E-state index contributed by atoms with van der Waals surface area (Å²) in [6.45, 7) is 1.70. The number of sulfonamides is 1. The van der Waals surface area contributed by atoms with Crippen molar-refractivity contribution in [3.05, 3.63) is 54.2 Å². The molecule has 1 aliphatic heterocycles. The Balaban J connectivity index is 1.44. The van der Waals surface area contributed by atoms with Crippen molar-refractivity contribution in [2.75, 3.05) is 31.1 Å². The molecule has 1 aromatic heterocycles. The molecule has 1 saturated carbocycles. The van der Waals surface area contributed by atoms with Crippen LogP contribution in [0.2, 0.25) is 0 Å². The first kappa shape index (κ1) is 20.8. The molecule has 0 unspecified atom stereocenters. The van der Waals surface area contributed by atoms with Crippen molar-refractivity contribution in [3.63, 3.8) is 0 Å². The average molecular weight is 429 g/mol. The van der Waals surface area contributed by atoms with E-state index < -0.39 is 10.0 Å². The van der Waals surface area contributed by atoms with Crippen LogP contribution in [0.4, 0.5) is 5.82 Å². The van der Waals surface area contributed by atoms with E-state index in [0.29, 0.717) is 42.5 Å². The summed E-state index contributed by atoms with van der Waals surface area (Å²) in [5.41, 5.74) is 0.558. The van der Waals surface area contributed by atoms with Crippen molar-refractivity contribution in [1.82, 2.24) is 14.6 Å². The Morgan fingerprint density at radius 2 is 1.63 bits per heavy atom. The van der Waals surface area contributed by atoms with Gasteiger partial charge in [0.25, 0.3) is 5.91 Å². The highest BCUT2D eigenvalue weighted by atomic mass is 32.2. The van der Waals surface area contributed by atoms with Crippen molar-refractivity contribution in [2.24, 2.45) is 0 Å². The van der Waals surface area contributed by atoms with E-state index in [1.54, 1.807) is 48.7 Å². The molecule has 1 aromatic carbocycles. The van der Waals surface area contributed by atoms with E-state index >= 15 is 0 Å². The molecular formula is C22H28N4O3S. The van der Waals surface area contributed by atoms with E-state index in [9.17, 15) is 13.2 Å². The highest BCUT2D eigenvalue weighted by molar-refractivity contribution is 7.89. The molecule has 8 heteroatoms. The van der Waals surface area contributed by atoms with E-state index in [2.05, 4.69) is 10.3 Å². The van der Waals surface area contributed by atoms with Gasteiger partial charge < -0.3 is 10.2 Å².